The predicted molar refractivity (Wildman–Crippen MR) is 72.7 cm³/mol. The fourth-order valence-electron chi connectivity index (χ4n) is 2.55. The largest absolute Gasteiger partial charge is 0.314 e. The van der Waals surface area contributed by atoms with Crippen LogP contribution in [0.5, 0.6) is 0 Å². The highest BCUT2D eigenvalue weighted by Gasteiger charge is 2.20. The Morgan fingerprint density at radius 3 is 2.94 bits per heavy atom. The van der Waals surface area contributed by atoms with Crippen molar-refractivity contribution in [3.63, 3.8) is 0 Å². The van der Waals surface area contributed by atoms with Crippen LogP contribution < -0.4 is 5.32 Å². The molecule has 1 aromatic carbocycles. The molecular weight excluding hydrogens is 262 g/mol. The molecule has 88 valence electrons. The highest BCUT2D eigenvalue weighted by atomic mass is 79.9. The Morgan fingerprint density at radius 1 is 1.38 bits per heavy atom. The standard InChI is InChI=1S/C14H20BrN/c1-2-11-7-8-16-13(9-11)10-12-5-3-4-6-14(12)15/h3-6,11,13,16H,2,7-10H2,1H3. The molecule has 0 saturated carbocycles. The van der Waals surface area contributed by atoms with Gasteiger partial charge in [0, 0.05) is 10.5 Å². The van der Waals surface area contributed by atoms with E-state index < -0.39 is 0 Å². The lowest BCUT2D eigenvalue weighted by molar-refractivity contribution is 0.294. The summed E-state index contributed by atoms with van der Waals surface area (Å²) in [6.07, 6.45) is 5.16. The molecule has 2 atom stereocenters. The first kappa shape index (κ1) is 12.1. The third-order valence-corrected chi connectivity index (χ3v) is 4.38. The summed E-state index contributed by atoms with van der Waals surface area (Å²) in [7, 11) is 0. The molecule has 0 aliphatic carbocycles. The van der Waals surface area contributed by atoms with Gasteiger partial charge in [-0.2, -0.15) is 0 Å². The predicted octanol–water partition coefficient (Wildman–Crippen LogP) is 3.77. The molecule has 0 bridgehead atoms. The molecule has 0 radical (unpaired) electrons. The number of hydrogen-bond acceptors (Lipinski definition) is 1. The summed E-state index contributed by atoms with van der Waals surface area (Å²) >= 11 is 3.63. The van der Waals surface area contributed by atoms with E-state index in [1.54, 1.807) is 0 Å². The summed E-state index contributed by atoms with van der Waals surface area (Å²) in [6.45, 7) is 3.50. The maximum Gasteiger partial charge on any atom is 0.0207 e. The molecule has 0 aromatic heterocycles. The summed E-state index contributed by atoms with van der Waals surface area (Å²) in [5.74, 6) is 0.925. The first-order valence-corrected chi connectivity index (χ1v) is 7.05. The average Bonchev–Trinajstić information content (AvgIpc) is 2.32. The smallest absolute Gasteiger partial charge is 0.0207 e. The first-order valence-electron chi connectivity index (χ1n) is 6.26. The molecule has 1 aliphatic heterocycles. The van der Waals surface area contributed by atoms with Gasteiger partial charge in [-0.15, -0.1) is 0 Å². The van der Waals surface area contributed by atoms with Crippen molar-refractivity contribution in [2.45, 2.75) is 38.6 Å². The van der Waals surface area contributed by atoms with Gasteiger partial charge in [0.15, 0.2) is 0 Å². The molecular formula is C14H20BrN. The summed E-state index contributed by atoms with van der Waals surface area (Å²) in [6, 6.07) is 9.23. The quantitative estimate of drug-likeness (QED) is 0.890. The van der Waals surface area contributed by atoms with Crippen LogP contribution in [0.15, 0.2) is 28.7 Å². The van der Waals surface area contributed by atoms with Gasteiger partial charge < -0.3 is 5.32 Å². The van der Waals surface area contributed by atoms with E-state index in [2.05, 4.69) is 52.4 Å². The molecule has 0 amide bonds. The van der Waals surface area contributed by atoms with Crippen LogP contribution >= 0.6 is 15.9 Å². The summed E-state index contributed by atoms with van der Waals surface area (Å²) in [5, 5.41) is 3.64. The van der Waals surface area contributed by atoms with Crippen molar-refractivity contribution in [1.82, 2.24) is 5.32 Å². The SMILES string of the molecule is CCC1CCNC(Cc2ccccc2Br)C1. The third kappa shape index (κ3) is 3.08. The Labute approximate surface area is 107 Å². The molecule has 1 aliphatic rings. The summed E-state index contributed by atoms with van der Waals surface area (Å²) in [5.41, 5.74) is 1.43. The molecule has 2 rings (SSSR count). The number of halogens is 1. The van der Waals surface area contributed by atoms with Gasteiger partial charge in [-0.05, 0) is 43.4 Å². The van der Waals surface area contributed by atoms with E-state index in [1.165, 1.54) is 35.8 Å². The van der Waals surface area contributed by atoms with E-state index in [9.17, 15) is 0 Å². The van der Waals surface area contributed by atoms with E-state index in [1.807, 2.05) is 0 Å². The Bertz CT molecular complexity index is 337. The maximum absolute atomic E-state index is 3.64. The second-order valence-corrected chi connectivity index (χ2v) is 5.60. The topological polar surface area (TPSA) is 12.0 Å². The molecule has 2 heteroatoms. The zero-order chi connectivity index (χ0) is 11.4. The van der Waals surface area contributed by atoms with Gasteiger partial charge in [-0.3, -0.25) is 0 Å². The molecule has 2 unspecified atom stereocenters. The minimum Gasteiger partial charge on any atom is -0.314 e. The van der Waals surface area contributed by atoms with Crippen LogP contribution in [-0.2, 0) is 6.42 Å². The first-order chi connectivity index (χ1) is 7.79. The van der Waals surface area contributed by atoms with Gasteiger partial charge in [0.05, 0.1) is 0 Å². The van der Waals surface area contributed by atoms with E-state index in [0.29, 0.717) is 6.04 Å². The van der Waals surface area contributed by atoms with E-state index in [0.717, 1.165) is 12.3 Å². The maximum atomic E-state index is 3.64. The fourth-order valence-corrected chi connectivity index (χ4v) is 3.00. The van der Waals surface area contributed by atoms with Crippen molar-refractivity contribution in [1.29, 1.82) is 0 Å². The molecule has 1 heterocycles. The molecule has 1 N–H and O–H groups in total. The summed E-state index contributed by atoms with van der Waals surface area (Å²) in [4.78, 5) is 0. The van der Waals surface area contributed by atoms with Crippen LogP contribution in [0.4, 0.5) is 0 Å². The zero-order valence-corrected chi connectivity index (χ0v) is 11.5. The molecule has 0 spiro atoms. The normalized spacial score (nSPS) is 25.6. The number of nitrogens with one attached hydrogen (secondary N) is 1. The van der Waals surface area contributed by atoms with E-state index in [4.69, 9.17) is 0 Å². The zero-order valence-electron chi connectivity index (χ0n) is 9.88. The summed E-state index contributed by atoms with van der Waals surface area (Å²) < 4.78 is 1.25. The van der Waals surface area contributed by atoms with Crippen LogP contribution in [0.2, 0.25) is 0 Å². The Kier molecular flexibility index (Phi) is 4.42. The Balaban J connectivity index is 1.97. The molecule has 1 nitrogen and oxygen atoms in total. The molecule has 1 fully saturated rings. The van der Waals surface area contributed by atoms with Crippen LogP contribution in [-0.4, -0.2) is 12.6 Å². The Hall–Kier alpha value is -0.340. The highest BCUT2D eigenvalue weighted by molar-refractivity contribution is 9.10. The van der Waals surface area contributed by atoms with Crippen molar-refractivity contribution >= 4 is 15.9 Å². The number of hydrogen-bond donors (Lipinski definition) is 1. The van der Waals surface area contributed by atoms with Crippen molar-refractivity contribution in [3.05, 3.63) is 34.3 Å². The lowest BCUT2D eigenvalue weighted by atomic mass is 9.88. The van der Waals surface area contributed by atoms with E-state index >= 15 is 0 Å². The third-order valence-electron chi connectivity index (χ3n) is 3.60. The van der Waals surface area contributed by atoms with Crippen molar-refractivity contribution in [3.8, 4) is 0 Å². The highest BCUT2D eigenvalue weighted by Crippen LogP contribution is 2.24. The van der Waals surface area contributed by atoms with Gasteiger partial charge >= 0.3 is 0 Å². The van der Waals surface area contributed by atoms with Crippen LogP contribution in [0.3, 0.4) is 0 Å². The van der Waals surface area contributed by atoms with Crippen LogP contribution in [0, 0.1) is 5.92 Å². The van der Waals surface area contributed by atoms with Crippen LogP contribution in [0.1, 0.15) is 31.7 Å². The fraction of sp³-hybridized carbons (Fsp3) is 0.571. The van der Waals surface area contributed by atoms with Crippen molar-refractivity contribution in [2.75, 3.05) is 6.54 Å². The van der Waals surface area contributed by atoms with Crippen LogP contribution in [0.25, 0.3) is 0 Å². The lowest BCUT2D eigenvalue weighted by Crippen LogP contribution is -2.39. The van der Waals surface area contributed by atoms with Gasteiger partial charge in [-0.1, -0.05) is 47.5 Å². The molecule has 1 saturated heterocycles. The number of piperidine rings is 1. The molecule has 16 heavy (non-hydrogen) atoms. The van der Waals surface area contributed by atoms with E-state index in [-0.39, 0.29) is 0 Å². The average molecular weight is 282 g/mol. The number of rotatable bonds is 3. The Morgan fingerprint density at radius 2 is 2.19 bits per heavy atom. The van der Waals surface area contributed by atoms with Crippen molar-refractivity contribution < 1.29 is 0 Å². The van der Waals surface area contributed by atoms with Gasteiger partial charge in [0.25, 0.3) is 0 Å². The van der Waals surface area contributed by atoms with Gasteiger partial charge in [0.2, 0.25) is 0 Å². The minimum absolute atomic E-state index is 0.664. The van der Waals surface area contributed by atoms with Gasteiger partial charge in [0.1, 0.15) is 0 Å². The lowest BCUT2D eigenvalue weighted by Gasteiger charge is -2.30. The second kappa shape index (κ2) is 5.83. The minimum atomic E-state index is 0.664. The molecule has 1 aromatic rings. The monoisotopic (exact) mass is 281 g/mol. The number of benzene rings is 1. The van der Waals surface area contributed by atoms with Gasteiger partial charge in [-0.25, -0.2) is 0 Å². The second-order valence-electron chi connectivity index (χ2n) is 4.75. The van der Waals surface area contributed by atoms with Crippen molar-refractivity contribution in [2.24, 2.45) is 5.92 Å².